The Bertz CT molecular complexity index is 698. The summed E-state index contributed by atoms with van der Waals surface area (Å²) >= 11 is 1.52. The third-order valence-electron chi connectivity index (χ3n) is 4.25. The zero-order chi connectivity index (χ0) is 17.3. The number of thiazole rings is 1. The number of carbonyl (C=O) groups excluding carboxylic acids is 1. The van der Waals surface area contributed by atoms with Crippen molar-refractivity contribution in [2.24, 2.45) is 0 Å². The first kappa shape index (κ1) is 17.1. The maximum absolute atomic E-state index is 12.7. The summed E-state index contributed by atoms with van der Waals surface area (Å²) in [4.78, 5) is 19.1. The molecule has 1 amide bonds. The molecule has 4 nitrogen and oxygen atoms in total. The number of benzene rings is 1. The number of hydrogen-bond acceptors (Lipinski definition) is 4. The number of morpholine rings is 1. The van der Waals surface area contributed by atoms with Gasteiger partial charge in [0, 0.05) is 24.0 Å². The largest absolute Gasteiger partial charge is 0.372 e. The van der Waals surface area contributed by atoms with Crippen molar-refractivity contribution < 1.29 is 9.53 Å². The zero-order valence-electron chi connectivity index (χ0n) is 14.7. The normalized spacial score (nSPS) is 21.3. The molecule has 2 aromatic rings. The first-order valence-electron chi connectivity index (χ1n) is 8.44. The van der Waals surface area contributed by atoms with Crippen molar-refractivity contribution in [1.82, 2.24) is 9.88 Å². The van der Waals surface area contributed by atoms with E-state index in [1.807, 2.05) is 24.1 Å². The second-order valence-corrected chi connectivity index (χ2v) is 7.64. The van der Waals surface area contributed by atoms with Gasteiger partial charge in [-0.2, -0.15) is 0 Å². The number of nitrogens with zero attached hydrogens (tertiary/aromatic N) is 2. The van der Waals surface area contributed by atoms with E-state index in [1.165, 1.54) is 16.9 Å². The number of carbonyl (C=O) groups is 1. The minimum atomic E-state index is -0.00157. The van der Waals surface area contributed by atoms with E-state index in [-0.39, 0.29) is 18.1 Å². The molecular formula is C19H24N2O2S. The lowest BCUT2D eigenvalue weighted by Crippen LogP contribution is -2.48. The molecule has 1 saturated heterocycles. The number of hydrogen-bond donors (Lipinski definition) is 0. The van der Waals surface area contributed by atoms with Gasteiger partial charge >= 0.3 is 0 Å². The fourth-order valence-electron chi connectivity index (χ4n) is 3.02. The Morgan fingerprint density at radius 2 is 1.83 bits per heavy atom. The molecule has 0 saturated carbocycles. The number of aromatic nitrogens is 1. The van der Waals surface area contributed by atoms with Crippen molar-refractivity contribution in [3.8, 4) is 10.6 Å². The van der Waals surface area contributed by atoms with Crippen molar-refractivity contribution in [2.45, 2.75) is 45.8 Å². The average molecular weight is 344 g/mol. The van der Waals surface area contributed by atoms with E-state index in [4.69, 9.17) is 4.74 Å². The molecule has 2 unspecified atom stereocenters. The van der Waals surface area contributed by atoms with Crippen LogP contribution in [0.4, 0.5) is 0 Å². The molecule has 1 fully saturated rings. The smallest absolute Gasteiger partial charge is 0.273 e. The lowest BCUT2D eigenvalue weighted by molar-refractivity contribution is -0.0587. The molecule has 0 radical (unpaired) electrons. The highest BCUT2D eigenvalue weighted by atomic mass is 32.1. The summed E-state index contributed by atoms with van der Waals surface area (Å²) in [6, 6.07) is 8.44. The Hall–Kier alpha value is -1.72. The number of amides is 1. The van der Waals surface area contributed by atoms with Crippen LogP contribution in [0.1, 0.15) is 49.7 Å². The van der Waals surface area contributed by atoms with Gasteiger partial charge in [0.1, 0.15) is 10.7 Å². The van der Waals surface area contributed by atoms with Gasteiger partial charge in [-0.3, -0.25) is 4.79 Å². The lowest BCUT2D eigenvalue weighted by Gasteiger charge is -2.34. The molecule has 24 heavy (non-hydrogen) atoms. The lowest BCUT2D eigenvalue weighted by atomic mass is 10.0. The average Bonchev–Trinajstić information content (AvgIpc) is 3.03. The van der Waals surface area contributed by atoms with Crippen molar-refractivity contribution >= 4 is 17.2 Å². The van der Waals surface area contributed by atoms with Gasteiger partial charge in [0.05, 0.1) is 12.2 Å². The first-order valence-corrected chi connectivity index (χ1v) is 9.32. The van der Waals surface area contributed by atoms with Gasteiger partial charge in [-0.15, -0.1) is 11.3 Å². The quantitative estimate of drug-likeness (QED) is 0.839. The van der Waals surface area contributed by atoms with Gasteiger partial charge in [0.25, 0.3) is 5.91 Å². The molecular weight excluding hydrogens is 320 g/mol. The van der Waals surface area contributed by atoms with Crippen LogP contribution in [0.3, 0.4) is 0 Å². The third kappa shape index (κ3) is 3.68. The van der Waals surface area contributed by atoms with E-state index in [0.717, 1.165) is 10.6 Å². The van der Waals surface area contributed by atoms with Gasteiger partial charge in [0.15, 0.2) is 0 Å². The van der Waals surface area contributed by atoms with E-state index in [0.29, 0.717) is 24.7 Å². The summed E-state index contributed by atoms with van der Waals surface area (Å²) in [7, 11) is 0. The van der Waals surface area contributed by atoms with Crippen molar-refractivity contribution in [2.75, 3.05) is 13.1 Å². The van der Waals surface area contributed by atoms with Crippen LogP contribution in [-0.2, 0) is 4.74 Å². The van der Waals surface area contributed by atoms with E-state index >= 15 is 0 Å². The third-order valence-corrected chi connectivity index (χ3v) is 5.15. The molecule has 2 heterocycles. The van der Waals surface area contributed by atoms with E-state index in [9.17, 15) is 4.79 Å². The van der Waals surface area contributed by atoms with Crippen LogP contribution in [-0.4, -0.2) is 41.1 Å². The van der Waals surface area contributed by atoms with Crippen molar-refractivity contribution in [1.29, 1.82) is 0 Å². The highest BCUT2D eigenvalue weighted by Gasteiger charge is 2.27. The van der Waals surface area contributed by atoms with Gasteiger partial charge in [-0.1, -0.05) is 38.1 Å². The number of rotatable bonds is 3. The van der Waals surface area contributed by atoms with E-state index in [1.54, 1.807) is 0 Å². The van der Waals surface area contributed by atoms with Gasteiger partial charge in [-0.25, -0.2) is 4.98 Å². The van der Waals surface area contributed by atoms with E-state index < -0.39 is 0 Å². The Morgan fingerprint density at radius 1 is 1.21 bits per heavy atom. The zero-order valence-corrected chi connectivity index (χ0v) is 15.5. The molecule has 0 bridgehead atoms. The van der Waals surface area contributed by atoms with E-state index in [2.05, 4.69) is 43.1 Å². The maximum Gasteiger partial charge on any atom is 0.273 e. The molecule has 0 aliphatic carbocycles. The molecule has 5 heteroatoms. The Kier molecular flexibility index (Phi) is 5.01. The Balaban J connectivity index is 1.76. The van der Waals surface area contributed by atoms with Crippen LogP contribution in [0.5, 0.6) is 0 Å². The number of ether oxygens (including phenoxy) is 1. The SMILES string of the molecule is CC1CN(C(=O)c2csc(-c3ccc(C(C)C)cc3)n2)CC(C)O1. The van der Waals surface area contributed by atoms with Crippen molar-refractivity contribution in [3.63, 3.8) is 0 Å². The minimum Gasteiger partial charge on any atom is -0.372 e. The molecule has 1 aromatic heterocycles. The van der Waals surface area contributed by atoms with Crippen LogP contribution < -0.4 is 0 Å². The van der Waals surface area contributed by atoms with Crippen LogP contribution in [0.25, 0.3) is 10.6 Å². The summed E-state index contributed by atoms with van der Waals surface area (Å²) < 4.78 is 5.70. The minimum absolute atomic E-state index is 0.00157. The Labute approximate surface area is 147 Å². The molecule has 1 aliphatic heterocycles. The topological polar surface area (TPSA) is 42.4 Å². The predicted octanol–water partition coefficient (Wildman–Crippen LogP) is 4.18. The molecule has 2 atom stereocenters. The molecule has 3 rings (SSSR count). The van der Waals surface area contributed by atoms with Crippen LogP contribution in [0.2, 0.25) is 0 Å². The van der Waals surface area contributed by atoms with Crippen molar-refractivity contribution in [3.05, 3.63) is 40.9 Å². The summed E-state index contributed by atoms with van der Waals surface area (Å²) in [5, 5.41) is 2.75. The fourth-order valence-corrected chi connectivity index (χ4v) is 3.82. The summed E-state index contributed by atoms with van der Waals surface area (Å²) in [6.07, 6.45) is 0.138. The van der Waals surface area contributed by atoms with Crippen LogP contribution in [0.15, 0.2) is 29.6 Å². The van der Waals surface area contributed by atoms with Gasteiger partial charge in [-0.05, 0) is 25.3 Å². The maximum atomic E-state index is 12.7. The molecule has 0 spiro atoms. The molecule has 1 aliphatic rings. The summed E-state index contributed by atoms with van der Waals surface area (Å²) in [5.41, 5.74) is 2.90. The first-order chi connectivity index (χ1) is 11.4. The second kappa shape index (κ2) is 7.03. The molecule has 1 aromatic carbocycles. The highest BCUT2D eigenvalue weighted by Crippen LogP contribution is 2.26. The van der Waals surface area contributed by atoms with Crippen LogP contribution in [0, 0.1) is 0 Å². The molecule has 0 N–H and O–H groups in total. The standard InChI is InChI=1S/C19H24N2O2S/c1-12(2)15-5-7-16(8-6-15)18-20-17(11-24-18)19(22)21-9-13(3)23-14(4)10-21/h5-8,11-14H,9-10H2,1-4H3. The molecule has 128 valence electrons. The highest BCUT2D eigenvalue weighted by molar-refractivity contribution is 7.13. The summed E-state index contributed by atoms with van der Waals surface area (Å²) in [6.45, 7) is 9.61. The van der Waals surface area contributed by atoms with Crippen LogP contribution >= 0.6 is 11.3 Å². The Morgan fingerprint density at radius 3 is 2.42 bits per heavy atom. The van der Waals surface area contributed by atoms with Gasteiger partial charge in [0.2, 0.25) is 0 Å². The monoisotopic (exact) mass is 344 g/mol. The fraction of sp³-hybridized carbons (Fsp3) is 0.474. The second-order valence-electron chi connectivity index (χ2n) is 6.78. The summed E-state index contributed by atoms with van der Waals surface area (Å²) in [5.74, 6) is 0.510. The van der Waals surface area contributed by atoms with Gasteiger partial charge < -0.3 is 9.64 Å². The predicted molar refractivity (Wildman–Crippen MR) is 97.6 cm³/mol.